The number of benzene rings is 3. The van der Waals surface area contributed by atoms with Crippen molar-refractivity contribution in [2.75, 3.05) is 7.11 Å². The number of ketones is 1. The minimum Gasteiger partial charge on any atom is -0.493 e. The normalized spacial score (nSPS) is 13.2. The van der Waals surface area contributed by atoms with Crippen LogP contribution in [-0.2, 0) is 11.8 Å². The van der Waals surface area contributed by atoms with Crippen LogP contribution >= 0.6 is 8.58 Å². The van der Waals surface area contributed by atoms with Gasteiger partial charge in [-0.3, -0.25) is 4.79 Å². The van der Waals surface area contributed by atoms with Crippen LogP contribution in [0.5, 0.6) is 11.5 Å². The third kappa shape index (κ3) is 5.17. The molecule has 3 aromatic carbocycles. The molecule has 0 spiro atoms. The highest BCUT2D eigenvalue weighted by Crippen LogP contribution is 2.50. The molecule has 0 fully saturated rings. The van der Waals surface area contributed by atoms with Crippen LogP contribution in [0.25, 0.3) is 0 Å². The second kappa shape index (κ2) is 10.1. The third-order valence-corrected chi connectivity index (χ3v) is 7.87. The van der Waals surface area contributed by atoms with Crippen molar-refractivity contribution in [2.24, 2.45) is 0 Å². The summed E-state index contributed by atoms with van der Waals surface area (Å²) in [5.74, 6) is 1.62. The van der Waals surface area contributed by atoms with E-state index in [2.05, 4.69) is 45.0 Å². The summed E-state index contributed by atoms with van der Waals surface area (Å²) in [4.78, 5) is 12.3. The molecule has 3 rings (SSSR count). The van der Waals surface area contributed by atoms with E-state index in [4.69, 9.17) is 9.47 Å². The fraction of sp³-hybridized carbons (Fsp3) is 0.296. The topological polar surface area (TPSA) is 35.5 Å². The number of hydrogen-bond acceptors (Lipinski definition) is 3. The van der Waals surface area contributed by atoms with Gasteiger partial charge in [-0.25, -0.2) is 0 Å². The van der Waals surface area contributed by atoms with Crippen molar-refractivity contribution in [2.45, 2.75) is 45.9 Å². The number of hydrogen-bond donors (Lipinski definition) is 0. The molecule has 3 aromatic rings. The predicted molar refractivity (Wildman–Crippen MR) is 131 cm³/mol. The largest absolute Gasteiger partial charge is 0.493 e. The van der Waals surface area contributed by atoms with Crippen molar-refractivity contribution in [3.05, 3.63) is 89.0 Å². The SMILES string of the molecule is CCC(C)(Pc1c(C)cccc1C(C)=O)c1cccc(OC)c1OCc1ccccc1. The fourth-order valence-corrected chi connectivity index (χ4v) is 5.47. The van der Waals surface area contributed by atoms with Gasteiger partial charge in [-0.05, 0) is 42.8 Å². The molecular formula is C27H31O3P. The maximum Gasteiger partial charge on any atom is 0.165 e. The van der Waals surface area contributed by atoms with E-state index in [-0.39, 0.29) is 10.9 Å². The maximum absolute atomic E-state index is 12.3. The van der Waals surface area contributed by atoms with E-state index >= 15 is 0 Å². The Morgan fingerprint density at radius 3 is 2.35 bits per heavy atom. The number of Topliss-reactive ketones (excluding diaryl/α,β-unsaturated/α-hetero) is 1. The lowest BCUT2D eigenvalue weighted by Crippen LogP contribution is -2.23. The number of ether oxygens (including phenoxy) is 2. The summed E-state index contributed by atoms with van der Waals surface area (Å²) in [6, 6.07) is 22.2. The molecule has 0 amide bonds. The Morgan fingerprint density at radius 2 is 1.71 bits per heavy atom. The Hall–Kier alpha value is -2.64. The van der Waals surface area contributed by atoms with Gasteiger partial charge >= 0.3 is 0 Å². The highest BCUT2D eigenvalue weighted by molar-refractivity contribution is 7.49. The molecule has 0 aliphatic heterocycles. The molecule has 4 heteroatoms. The molecule has 2 atom stereocenters. The molecule has 0 saturated heterocycles. The maximum atomic E-state index is 12.3. The van der Waals surface area contributed by atoms with Gasteiger partial charge in [0.2, 0.25) is 0 Å². The lowest BCUT2D eigenvalue weighted by molar-refractivity contribution is 0.101. The van der Waals surface area contributed by atoms with E-state index in [9.17, 15) is 4.79 Å². The molecule has 0 N–H and O–H groups in total. The van der Waals surface area contributed by atoms with Crippen molar-refractivity contribution in [1.29, 1.82) is 0 Å². The Bertz CT molecular complexity index is 1050. The second-order valence-corrected chi connectivity index (χ2v) is 9.83. The first-order chi connectivity index (χ1) is 14.9. The Morgan fingerprint density at radius 1 is 1.00 bits per heavy atom. The van der Waals surface area contributed by atoms with Crippen LogP contribution in [0.4, 0.5) is 0 Å². The third-order valence-electron chi connectivity index (χ3n) is 5.78. The van der Waals surface area contributed by atoms with Gasteiger partial charge in [0.05, 0.1) is 7.11 Å². The van der Waals surface area contributed by atoms with Crippen LogP contribution in [0.2, 0.25) is 0 Å². The number of carbonyl (C=O) groups excluding carboxylic acids is 1. The summed E-state index contributed by atoms with van der Waals surface area (Å²) in [5.41, 5.74) is 4.19. The first-order valence-corrected chi connectivity index (χ1v) is 11.6. The lowest BCUT2D eigenvalue weighted by atomic mass is 9.96. The molecule has 2 unspecified atom stereocenters. The quantitative estimate of drug-likeness (QED) is 0.288. The van der Waals surface area contributed by atoms with Crippen LogP contribution in [0.15, 0.2) is 66.7 Å². The van der Waals surface area contributed by atoms with Gasteiger partial charge in [0.1, 0.15) is 6.61 Å². The fourth-order valence-electron chi connectivity index (χ4n) is 3.74. The molecule has 0 aromatic heterocycles. The standard InChI is InChI=1S/C27H31O3P/c1-6-27(4,31-26-19(2)12-10-15-22(26)20(3)28)23-16-11-17-24(29-5)25(23)30-18-21-13-8-7-9-14-21/h7-17,31H,6,18H2,1-5H3. The molecule has 0 heterocycles. The van der Waals surface area contributed by atoms with Crippen LogP contribution in [0, 0.1) is 6.92 Å². The summed E-state index contributed by atoms with van der Waals surface area (Å²) in [6.45, 7) is 8.65. The smallest absolute Gasteiger partial charge is 0.165 e. The monoisotopic (exact) mass is 434 g/mol. The van der Waals surface area contributed by atoms with Gasteiger partial charge < -0.3 is 9.47 Å². The molecule has 0 aliphatic rings. The number of rotatable bonds is 9. The van der Waals surface area contributed by atoms with E-state index in [1.54, 1.807) is 14.0 Å². The average molecular weight is 435 g/mol. The van der Waals surface area contributed by atoms with Crippen LogP contribution < -0.4 is 14.8 Å². The summed E-state index contributed by atoms with van der Waals surface area (Å²) in [5, 5.41) is 0.938. The van der Waals surface area contributed by atoms with Gasteiger partial charge in [0.25, 0.3) is 0 Å². The zero-order valence-electron chi connectivity index (χ0n) is 19.0. The highest BCUT2D eigenvalue weighted by atomic mass is 31.1. The molecule has 0 radical (unpaired) electrons. The molecule has 0 saturated carbocycles. The zero-order chi connectivity index (χ0) is 22.4. The number of para-hydroxylation sites is 1. The molecule has 31 heavy (non-hydrogen) atoms. The van der Waals surface area contributed by atoms with E-state index in [0.29, 0.717) is 15.2 Å². The van der Waals surface area contributed by atoms with E-state index in [1.807, 2.05) is 42.5 Å². The Kier molecular flexibility index (Phi) is 7.51. The van der Waals surface area contributed by atoms with Gasteiger partial charge in [0.15, 0.2) is 17.3 Å². The summed E-state index contributed by atoms with van der Waals surface area (Å²) >= 11 is 0. The Balaban J connectivity index is 2.04. The second-order valence-electron chi connectivity index (χ2n) is 7.98. The van der Waals surface area contributed by atoms with Gasteiger partial charge in [0, 0.05) is 16.3 Å². The number of methoxy groups -OCH3 is 1. The van der Waals surface area contributed by atoms with Crippen molar-refractivity contribution in [1.82, 2.24) is 0 Å². The first-order valence-electron chi connectivity index (χ1n) is 10.6. The van der Waals surface area contributed by atoms with Gasteiger partial charge in [-0.1, -0.05) is 83.1 Å². The van der Waals surface area contributed by atoms with Crippen LogP contribution in [-0.4, -0.2) is 12.9 Å². The first kappa shape index (κ1) is 23.0. The summed E-state index contributed by atoms with van der Waals surface area (Å²) in [7, 11) is 2.10. The summed E-state index contributed by atoms with van der Waals surface area (Å²) < 4.78 is 12.0. The lowest BCUT2D eigenvalue weighted by Gasteiger charge is -2.32. The van der Waals surface area contributed by atoms with Crippen molar-refractivity contribution in [3.63, 3.8) is 0 Å². The van der Waals surface area contributed by atoms with E-state index in [0.717, 1.165) is 45.5 Å². The van der Waals surface area contributed by atoms with Gasteiger partial charge in [-0.2, -0.15) is 0 Å². The molecular weight excluding hydrogens is 403 g/mol. The average Bonchev–Trinajstić information content (AvgIpc) is 2.79. The minimum atomic E-state index is -0.198. The van der Waals surface area contributed by atoms with E-state index in [1.165, 1.54) is 0 Å². The number of carbonyl (C=O) groups is 1. The van der Waals surface area contributed by atoms with Crippen molar-refractivity contribution >= 4 is 19.7 Å². The zero-order valence-corrected chi connectivity index (χ0v) is 20.0. The molecule has 162 valence electrons. The highest BCUT2D eigenvalue weighted by Gasteiger charge is 2.32. The molecule has 0 bridgehead atoms. The molecule has 0 aliphatic carbocycles. The van der Waals surface area contributed by atoms with Crippen molar-refractivity contribution < 1.29 is 14.3 Å². The summed E-state index contributed by atoms with van der Waals surface area (Å²) in [6.07, 6.45) is 0.909. The molecule has 3 nitrogen and oxygen atoms in total. The van der Waals surface area contributed by atoms with Crippen molar-refractivity contribution in [3.8, 4) is 11.5 Å². The van der Waals surface area contributed by atoms with Crippen LogP contribution in [0.3, 0.4) is 0 Å². The minimum absolute atomic E-state index is 0.107. The Labute approximate surface area is 187 Å². The predicted octanol–water partition coefficient (Wildman–Crippen LogP) is 6.41. The van der Waals surface area contributed by atoms with E-state index < -0.39 is 0 Å². The van der Waals surface area contributed by atoms with Gasteiger partial charge in [-0.15, -0.1) is 0 Å². The number of aryl methyl sites for hydroxylation is 1. The van der Waals surface area contributed by atoms with Crippen LogP contribution in [0.1, 0.15) is 54.2 Å².